The van der Waals surface area contributed by atoms with Gasteiger partial charge in [-0.15, -0.1) is 5.10 Å². The fraction of sp³-hybridized carbons (Fsp3) is 0.0769. The third-order valence-electron chi connectivity index (χ3n) is 2.90. The van der Waals surface area contributed by atoms with Crippen LogP contribution < -0.4 is 10.4 Å². The first-order chi connectivity index (χ1) is 10.1. The molecule has 0 saturated carbocycles. The molecule has 0 spiro atoms. The number of carbonyl (C=O) groups is 1. The van der Waals surface area contributed by atoms with Crippen molar-refractivity contribution in [3.8, 4) is 11.6 Å². The van der Waals surface area contributed by atoms with Gasteiger partial charge in [-0.1, -0.05) is 12.1 Å². The van der Waals surface area contributed by atoms with E-state index in [0.29, 0.717) is 11.2 Å². The van der Waals surface area contributed by atoms with Gasteiger partial charge in [0.15, 0.2) is 5.65 Å². The number of H-pyrrole nitrogens is 1. The third-order valence-corrected chi connectivity index (χ3v) is 2.90. The highest BCUT2D eigenvalue weighted by Gasteiger charge is 2.15. The maximum absolute atomic E-state index is 11.5. The van der Waals surface area contributed by atoms with E-state index >= 15 is 0 Å². The molecule has 1 aromatic carbocycles. The second-order valence-electron chi connectivity index (χ2n) is 4.33. The van der Waals surface area contributed by atoms with E-state index in [0.717, 1.165) is 4.52 Å². The maximum atomic E-state index is 11.5. The second kappa shape index (κ2) is 4.75. The van der Waals surface area contributed by atoms with Gasteiger partial charge in [0, 0.05) is 6.07 Å². The van der Waals surface area contributed by atoms with Crippen molar-refractivity contribution >= 4 is 11.6 Å². The van der Waals surface area contributed by atoms with Crippen LogP contribution in [-0.4, -0.2) is 30.9 Å². The molecule has 0 atom stereocenters. The number of benzene rings is 1. The Hall–Kier alpha value is -3.16. The SMILES string of the molecule is Cc1cccc(C(=O)O)c1Oc1ccc2n[nH]c(=O)n2n1. The third kappa shape index (κ3) is 2.22. The van der Waals surface area contributed by atoms with Gasteiger partial charge in [0.05, 0.1) is 0 Å². The number of ether oxygens (including phenoxy) is 1. The Morgan fingerprint density at radius 3 is 2.90 bits per heavy atom. The monoisotopic (exact) mass is 286 g/mol. The minimum absolute atomic E-state index is 0.0245. The molecule has 0 amide bonds. The van der Waals surface area contributed by atoms with Crippen molar-refractivity contribution in [2.75, 3.05) is 0 Å². The molecule has 2 heterocycles. The molecule has 3 rings (SSSR count). The molecule has 8 nitrogen and oxygen atoms in total. The van der Waals surface area contributed by atoms with Crippen LogP contribution in [0.4, 0.5) is 0 Å². The molecular formula is C13H10N4O4. The number of aromatic nitrogens is 4. The largest absolute Gasteiger partial charge is 0.478 e. The fourth-order valence-corrected chi connectivity index (χ4v) is 1.90. The zero-order valence-electron chi connectivity index (χ0n) is 10.9. The average Bonchev–Trinajstić information content (AvgIpc) is 2.82. The first-order valence-corrected chi connectivity index (χ1v) is 6.01. The van der Waals surface area contributed by atoms with E-state index < -0.39 is 11.7 Å². The summed E-state index contributed by atoms with van der Waals surface area (Å²) in [6.07, 6.45) is 0. The molecule has 2 N–H and O–H groups in total. The Labute approximate surface area is 117 Å². The number of aryl methyl sites for hydroxylation is 1. The first kappa shape index (κ1) is 12.9. The molecule has 0 bridgehead atoms. The predicted octanol–water partition coefficient (Wildman–Crippen LogP) is 1.22. The zero-order valence-corrected chi connectivity index (χ0v) is 10.9. The topological polar surface area (TPSA) is 110 Å². The molecule has 0 unspecified atom stereocenters. The van der Waals surface area contributed by atoms with E-state index in [1.54, 1.807) is 25.1 Å². The average molecular weight is 286 g/mol. The maximum Gasteiger partial charge on any atom is 0.364 e. The van der Waals surface area contributed by atoms with E-state index in [-0.39, 0.29) is 17.2 Å². The summed E-state index contributed by atoms with van der Waals surface area (Å²) in [4.78, 5) is 22.7. The Kier molecular flexibility index (Phi) is 2.90. The molecule has 0 aliphatic rings. The number of rotatable bonds is 3. The lowest BCUT2D eigenvalue weighted by Gasteiger charge is -2.10. The summed E-state index contributed by atoms with van der Waals surface area (Å²) < 4.78 is 6.58. The lowest BCUT2D eigenvalue weighted by Crippen LogP contribution is -2.12. The Morgan fingerprint density at radius 1 is 1.33 bits per heavy atom. The Bertz CT molecular complexity index is 897. The van der Waals surface area contributed by atoms with Gasteiger partial charge in [-0.25, -0.2) is 14.7 Å². The van der Waals surface area contributed by atoms with Gasteiger partial charge < -0.3 is 9.84 Å². The van der Waals surface area contributed by atoms with Crippen molar-refractivity contribution < 1.29 is 14.6 Å². The van der Waals surface area contributed by atoms with E-state index in [1.165, 1.54) is 12.1 Å². The lowest BCUT2D eigenvalue weighted by atomic mass is 10.1. The molecule has 0 aliphatic carbocycles. The summed E-state index contributed by atoms with van der Waals surface area (Å²) in [6.45, 7) is 1.73. The number of nitrogens with zero attached hydrogens (tertiary/aromatic N) is 3. The van der Waals surface area contributed by atoms with Crippen molar-refractivity contribution in [2.45, 2.75) is 6.92 Å². The normalized spacial score (nSPS) is 10.7. The molecule has 3 aromatic rings. The summed E-state index contributed by atoms with van der Waals surface area (Å²) in [7, 11) is 0. The van der Waals surface area contributed by atoms with E-state index in [2.05, 4.69) is 15.3 Å². The number of hydrogen-bond donors (Lipinski definition) is 2. The second-order valence-corrected chi connectivity index (χ2v) is 4.33. The molecule has 0 saturated heterocycles. The van der Waals surface area contributed by atoms with Crippen molar-refractivity contribution in [3.05, 3.63) is 51.9 Å². The van der Waals surface area contributed by atoms with Gasteiger partial charge in [0.2, 0.25) is 5.88 Å². The summed E-state index contributed by atoms with van der Waals surface area (Å²) in [5, 5.41) is 19.1. The molecular weight excluding hydrogens is 276 g/mol. The van der Waals surface area contributed by atoms with Crippen molar-refractivity contribution in [2.24, 2.45) is 0 Å². The van der Waals surface area contributed by atoms with Crippen LogP contribution in [-0.2, 0) is 0 Å². The van der Waals surface area contributed by atoms with Crippen LogP contribution in [0.25, 0.3) is 5.65 Å². The van der Waals surface area contributed by atoms with Crippen LogP contribution in [0, 0.1) is 6.92 Å². The standard InChI is InChI=1S/C13H10N4O4/c1-7-3-2-4-8(12(18)19)11(7)21-10-6-5-9-14-15-13(20)17(9)16-10/h2-6H,1H3,(H,15,20)(H,18,19). The highest BCUT2D eigenvalue weighted by molar-refractivity contribution is 5.91. The van der Waals surface area contributed by atoms with Gasteiger partial charge in [-0.2, -0.15) is 9.61 Å². The number of hydrogen-bond acceptors (Lipinski definition) is 5. The van der Waals surface area contributed by atoms with Crippen molar-refractivity contribution in [3.63, 3.8) is 0 Å². The van der Waals surface area contributed by atoms with Crippen LogP contribution in [0.3, 0.4) is 0 Å². The summed E-state index contributed by atoms with van der Waals surface area (Å²) in [5.74, 6) is -0.813. The number of aromatic carboxylic acids is 1. The quantitative estimate of drug-likeness (QED) is 0.749. The minimum Gasteiger partial charge on any atom is -0.478 e. The summed E-state index contributed by atoms with van der Waals surface area (Å²) in [6, 6.07) is 7.84. The van der Waals surface area contributed by atoms with Crippen LogP contribution in [0.2, 0.25) is 0 Å². The highest BCUT2D eigenvalue weighted by Crippen LogP contribution is 2.27. The van der Waals surface area contributed by atoms with Crippen LogP contribution in [0.5, 0.6) is 11.6 Å². The van der Waals surface area contributed by atoms with Crippen LogP contribution in [0.15, 0.2) is 35.1 Å². The number of aromatic amines is 1. The fourth-order valence-electron chi connectivity index (χ4n) is 1.90. The number of nitrogens with one attached hydrogen (secondary N) is 1. The van der Waals surface area contributed by atoms with Crippen molar-refractivity contribution in [1.82, 2.24) is 19.8 Å². The number of fused-ring (bicyclic) bond motifs is 1. The highest BCUT2D eigenvalue weighted by atomic mass is 16.5. The van der Waals surface area contributed by atoms with Gasteiger partial charge in [-0.3, -0.25) is 0 Å². The molecule has 106 valence electrons. The van der Waals surface area contributed by atoms with E-state index in [1.807, 2.05) is 0 Å². The number of carboxylic acid groups (broad SMARTS) is 1. The first-order valence-electron chi connectivity index (χ1n) is 6.01. The number of para-hydroxylation sites is 1. The minimum atomic E-state index is -1.10. The Balaban J connectivity index is 2.08. The lowest BCUT2D eigenvalue weighted by molar-refractivity contribution is 0.0694. The molecule has 0 fully saturated rings. The van der Waals surface area contributed by atoms with Crippen LogP contribution >= 0.6 is 0 Å². The summed E-state index contributed by atoms with van der Waals surface area (Å²) >= 11 is 0. The van der Waals surface area contributed by atoms with E-state index in [4.69, 9.17) is 4.74 Å². The molecule has 2 aromatic heterocycles. The smallest absolute Gasteiger partial charge is 0.364 e. The number of carboxylic acids is 1. The van der Waals surface area contributed by atoms with E-state index in [9.17, 15) is 14.7 Å². The molecule has 8 heteroatoms. The predicted molar refractivity (Wildman–Crippen MR) is 71.8 cm³/mol. The summed E-state index contributed by atoms with van der Waals surface area (Å²) in [5.41, 5.74) is 0.516. The van der Waals surface area contributed by atoms with Gasteiger partial charge in [-0.05, 0) is 24.6 Å². The van der Waals surface area contributed by atoms with Crippen LogP contribution in [0.1, 0.15) is 15.9 Å². The van der Waals surface area contributed by atoms with Crippen molar-refractivity contribution in [1.29, 1.82) is 0 Å². The molecule has 21 heavy (non-hydrogen) atoms. The molecule has 0 aliphatic heterocycles. The Morgan fingerprint density at radius 2 is 2.14 bits per heavy atom. The van der Waals surface area contributed by atoms with Gasteiger partial charge >= 0.3 is 11.7 Å². The zero-order chi connectivity index (χ0) is 15.0. The van der Waals surface area contributed by atoms with Gasteiger partial charge in [0.1, 0.15) is 11.3 Å². The molecule has 0 radical (unpaired) electrons. The van der Waals surface area contributed by atoms with Gasteiger partial charge in [0.25, 0.3) is 0 Å².